The maximum Gasteiger partial charge on any atom is 0.248 e. The molecule has 0 rings (SSSR count). The Morgan fingerprint density at radius 3 is 2.40 bits per heavy atom. The molecule has 0 heterocycles. The second-order valence-corrected chi connectivity index (χ2v) is 5.02. The van der Waals surface area contributed by atoms with Gasteiger partial charge in [0.15, 0.2) is 0 Å². The quantitative estimate of drug-likeness (QED) is 0.741. The Hall–Kier alpha value is -0.610. The maximum absolute atomic E-state index is 11.6. The van der Waals surface area contributed by atoms with E-state index in [0.717, 1.165) is 0 Å². The molecule has 1 unspecified atom stereocenters. The first-order chi connectivity index (χ1) is 6.76. The lowest BCUT2D eigenvalue weighted by Gasteiger charge is -2.24. The molecule has 0 aromatic rings. The summed E-state index contributed by atoms with van der Waals surface area (Å²) in [6, 6.07) is 0. The SMILES string of the molecule is CC(CN)CN(C)C(=O)COC(C)(C)C. The van der Waals surface area contributed by atoms with Crippen LogP contribution in [0.2, 0.25) is 0 Å². The van der Waals surface area contributed by atoms with Crippen molar-refractivity contribution in [2.75, 3.05) is 26.7 Å². The molecule has 1 atom stereocenters. The number of amides is 1. The highest BCUT2D eigenvalue weighted by atomic mass is 16.5. The first kappa shape index (κ1) is 14.4. The van der Waals surface area contributed by atoms with Crippen molar-refractivity contribution >= 4 is 5.91 Å². The highest BCUT2D eigenvalue weighted by Gasteiger charge is 2.16. The van der Waals surface area contributed by atoms with Gasteiger partial charge in [0.2, 0.25) is 5.91 Å². The number of hydrogen-bond acceptors (Lipinski definition) is 3. The van der Waals surface area contributed by atoms with Crippen molar-refractivity contribution in [3.05, 3.63) is 0 Å². The molecule has 0 aliphatic heterocycles. The van der Waals surface area contributed by atoms with Crippen molar-refractivity contribution < 1.29 is 9.53 Å². The smallest absolute Gasteiger partial charge is 0.248 e. The standard InChI is InChI=1S/C11H24N2O2/c1-9(6-12)7-13(5)10(14)8-15-11(2,3)4/h9H,6-8,12H2,1-5H3. The normalized spacial score (nSPS) is 13.7. The highest BCUT2D eigenvalue weighted by Crippen LogP contribution is 2.06. The van der Waals surface area contributed by atoms with E-state index in [4.69, 9.17) is 10.5 Å². The molecule has 0 bridgehead atoms. The average molecular weight is 216 g/mol. The summed E-state index contributed by atoms with van der Waals surface area (Å²) in [5.74, 6) is 0.332. The molecule has 15 heavy (non-hydrogen) atoms. The Morgan fingerprint density at radius 2 is 2.00 bits per heavy atom. The van der Waals surface area contributed by atoms with Gasteiger partial charge in [-0.15, -0.1) is 0 Å². The number of carbonyl (C=O) groups is 1. The maximum atomic E-state index is 11.6. The average Bonchev–Trinajstić information content (AvgIpc) is 2.12. The number of nitrogens with two attached hydrogens (primary N) is 1. The molecule has 0 aliphatic carbocycles. The van der Waals surface area contributed by atoms with Crippen molar-refractivity contribution in [2.24, 2.45) is 11.7 Å². The highest BCUT2D eigenvalue weighted by molar-refractivity contribution is 5.77. The molecule has 0 radical (unpaired) electrons. The van der Waals surface area contributed by atoms with Gasteiger partial charge in [0.05, 0.1) is 5.60 Å². The van der Waals surface area contributed by atoms with Gasteiger partial charge < -0.3 is 15.4 Å². The van der Waals surface area contributed by atoms with Crippen LogP contribution in [0.4, 0.5) is 0 Å². The van der Waals surface area contributed by atoms with Crippen LogP contribution in [0, 0.1) is 5.92 Å². The van der Waals surface area contributed by atoms with E-state index >= 15 is 0 Å². The zero-order valence-electron chi connectivity index (χ0n) is 10.5. The molecule has 0 saturated carbocycles. The van der Waals surface area contributed by atoms with Crippen LogP contribution in [0.25, 0.3) is 0 Å². The van der Waals surface area contributed by atoms with E-state index in [1.807, 2.05) is 27.7 Å². The Morgan fingerprint density at radius 1 is 1.47 bits per heavy atom. The molecule has 4 heteroatoms. The molecular weight excluding hydrogens is 192 g/mol. The Labute approximate surface area is 92.8 Å². The first-order valence-electron chi connectivity index (χ1n) is 5.34. The number of carbonyl (C=O) groups excluding carboxylic acids is 1. The van der Waals surface area contributed by atoms with E-state index in [1.54, 1.807) is 11.9 Å². The van der Waals surface area contributed by atoms with Crippen LogP contribution in [0.5, 0.6) is 0 Å². The fourth-order valence-electron chi connectivity index (χ4n) is 1.03. The van der Waals surface area contributed by atoms with Crippen molar-refractivity contribution in [3.63, 3.8) is 0 Å². The van der Waals surface area contributed by atoms with E-state index in [9.17, 15) is 4.79 Å². The van der Waals surface area contributed by atoms with Crippen molar-refractivity contribution in [3.8, 4) is 0 Å². The molecular formula is C11H24N2O2. The molecule has 0 aromatic carbocycles. The van der Waals surface area contributed by atoms with Crippen LogP contribution in [0.3, 0.4) is 0 Å². The predicted octanol–water partition coefficient (Wildman–Crippen LogP) is 0.855. The number of rotatable bonds is 5. The van der Waals surface area contributed by atoms with Crippen molar-refractivity contribution in [1.29, 1.82) is 0 Å². The van der Waals surface area contributed by atoms with Crippen LogP contribution >= 0.6 is 0 Å². The van der Waals surface area contributed by atoms with E-state index in [0.29, 0.717) is 19.0 Å². The second kappa shape index (κ2) is 6.08. The van der Waals surface area contributed by atoms with E-state index in [-0.39, 0.29) is 18.1 Å². The zero-order chi connectivity index (χ0) is 12.1. The van der Waals surface area contributed by atoms with Crippen LogP contribution in [-0.2, 0) is 9.53 Å². The molecule has 0 aliphatic rings. The van der Waals surface area contributed by atoms with Crippen molar-refractivity contribution in [1.82, 2.24) is 4.90 Å². The predicted molar refractivity (Wildman–Crippen MR) is 61.6 cm³/mol. The summed E-state index contributed by atoms with van der Waals surface area (Å²) in [6.07, 6.45) is 0. The molecule has 90 valence electrons. The van der Waals surface area contributed by atoms with Gasteiger partial charge in [-0.05, 0) is 33.2 Å². The number of likely N-dealkylation sites (N-methyl/N-ethyl adjacent to an activating group) is 1. The Balaban J connectivity index is 3.89. The van der Waals surface area contributed by atoms with Gasteiger partial charge in [-0.1, -0.05) is 6.92 Å². The third kappa shape index (κ3) is 7.33. The van der Waals surface area contributed by atoms with Gasteiger partial charge in [0.25, 0.3) is 0 Å². The minimum atomic E-state index is -0.268. The fourth-order valence-corrected chi connectivity index (χ4v) is 1.03. The largest absolute Gasteiger partial charge is 0.366 e. The van der Waals surface area contributed by atoms with Crippen LogP contribution in [0.15, 0.2) is 0 Å². The van der Waals surface area contributed by atoms with Crippen LogP contribution in [0.1, 0.15) is 27.7 Å². The lowest BCUT2D eigenvalue weighted by molar-refractivity contribution is -0.140. The molecule has 2 N–H and O–H groups in total. The summed E-state index contributed by atoms with van der Waals surface area (Å²) in [6.45, 7) is 9.24. The number of nitrogens with zero attached hydrogens (tertiary/aromatic N) is 1. The number of hydrogen-bond donors (Lipinski definition) is 1. The number of ether oxygens (including phenoxy) is 1. The van der Waals surface area contributed by atoms with Crippen LogP contribution in [-0.4, -0.2) is 43.2 Å². The minimum absolute atomic E-state index is 0.00484. The van der Waals surface area contributed by atoms with Gasteiger partial charge in [0.1, 0.15) is 6.61 Å². The second-order valence-electron chi connectivity index (χ2n) is 5.02. The minimum Gasteiger partial charge on any atom is -0.366 e. The van der Waals surface area contributed by atoms with E-state index in [1.165, 1.54) is 0 Å². The summed E-state index contributed by atoms with van der Waals surface area (Å²) in [5.41, 5.74) is 5.23. The summed E-state index contributed by atoms with van der Waals surface area (Å²) in [4.78, 5) is 13.3. The third-order valence-corrected chi connectivity index (χ3v) is 2.04. The topological polar surface area (TPSA) is 55.6 Å². The van der Waals surface area contributed by atoms with Crippen LogP contribution < -0.4 is 5.73 Å². The first-order valence-corrected chi connectivity index (χ1v) is 5.34. The molecule has 1 amide bonds. The third-order valence-electron chi connectivity index (χ3n) is 2.04. The lowest BCUT2D eigenvalue weighted by atomic mass is 10.2. The Kier molecular flexibility index (Phi) is 5.83. The summed E-state index contributed by atoms with van der Waals surface area (Å²) < 4.78 is 5.41. The van der Waals surface area contributed by atoms with Gasteiger partial charge in [-0.25, -0.2) is 0 Å². The molecule has 4 nitrogen and oxygen atoms in total. The zero-order valence-corrected chi connectivity index (χ0v) is 10.5. The summed E-state index contributed by atoms with van der Waals surface area (Å²) >= 11 is 0. The molecule has 0 fully saturated rings. The van der Waals surface area contributed by atoms with Gasteiger partial charge in [-0.2, -0.15) is 0 Å². The lowest BCUT2D eigenvalue weighted by Crippen LogP contribution is -2.37. The molecule has 0 spiro atoms. The van der Waals surface area contributed by atoms with E-state index in [2.05, 4.69) is 0 Å². The summed E-state index contributed by atoms with van der Waals surface area (Å²) in [5, 5.41) is 0. The summed E-state index contributed by atoms with van der Waals surface area (Å²) in [7, 11) is 1.78. The van der Waals surface area contributed by atoms with Gasteiger partial charge >= 0.3 is 0 Å². The van der Waals surface area contributed by atoms with Crippen molar-refractivity contribution in [2.45, 2.75) is 33.3 Å². The van der Waals surface area contributed by atoms with Gasteiger partial charge in [0, 0.05) is 13.6 Å². The molecule has 0 aromatic heterocycles. The fraction of sp³-hybridized carbons (Fsp3) is 0.909. The van der Waals surface area contributed by atoms with E-state index < -0.39 is 0 Å². The Bertz CT molecular complexity index is 199. The van der Waals surface area contributed by atoms with Gasteiger partial charge in [-0.3, -0.25) is 4.79 Å². The monoisotopic (exact) mass is 216 g/mol. The molecule has 0 saturated heterocycles.